The number of nitrogens with zero attached hydrogens (tertiary/aromatic N) is 1. The normalized spacial score (nSPS) is 16.0. The number of aliphatic carboxylic acids is 1. The van der Waals surface area contributed by atoms with E-state index >= 15 is 0 Å². The molecule has 1 N–H and O–H groups in total. The highest BCUT2D eigenvalue weighted by Gasteiger charge is 2.23. The van der Waals surface area contributed by atoms with Gasteiger partial charge in [0, 0.05) is 25.6 Å². The highest BCUT2D eigenvalue weighted by Crippen LogP contribution is 2.21. The molecule has 23 heavy (non-hydrogen) atoms. The summed E-state index contributed by atoms with van der Waals surface area (Å²) in [7, 11) is 0. The maximum Gasteiger partial charge on any atom is 0.303 e. The van der Waals surface area contributed by atoms with Gasteiger partial charge in [-0.2, -0.15) is 0 Å². The molecule has 1 aromatic carbocycles. The minimum Gasteiger partial charge on any atom is -0.481 e. The minimum absolute atomic E-state index is 0.0514. The largest absolute Gasteiger partial charge is 0.481 e. The molecule has 0 unspecified atom stereocenters. The van der Waals surface area contributed by atoms with Gasteiger partial charge < -0.3 is 10.0 Å². The van der Waals surface area contributed by atoms with Gasteiger partial charge in [-0.1, -0.05) is 0 Å². The van der Waals surface area contributed by atoms with Crippen molar-refractivity contribution in [2.75, 3.05) is 13.1 Å². The van der Waals surface area contributed by atoms with Crippen molar-refractivity contribution >= 4 is 18.0 Å². The Balaban J connectivity index is 1.94. The van der Waals surface area contributed by atoms with Gasteiger partial charge in [0.15, 0.2) is 17.5 Å². The molecule has 1 saturated heterocycles. The topological polar surface area (TPSA) is 57.6 Å². The summed E-state index contributed by atoms with van der Waals surface area (Å²) >= 11 is 0. The second-order valence-electron chi connectivity index (χ2n) is 5.50. The molecule has 0 aliphatic carbocycles. The van der Waals surface area contributed by atoms with E-state index in [4.69, 9.17) is 5.11 Å². The third-order valence-electron chi connectivity index (χ3n) is 3.81. The standard InChI is InChI=1S/C16H16F3NO3/c17-12-7-11(8-13(18)16(12)19)1-2-14(21)20-5-3-10(4-6-20)9-15(22)23/h1-2,7-8,10H,3-6,9H2,(H,22,23)/b2-1+. The van der Waals surface area contributed by atoms with E-state index in [9.17, 15) is 22.8 Å². The van der Waals surface area contributed by atoms with Crippen LogP contribution in [0.15, 0.2) is 18.2 Å². The average molecular weight is 327 g/mol. The molecule has 2 rings (SSSR count). The van der Waals surface area contributed by atoms with Crippen LogP contribution in [-0.2, 0) is 9.59 Å². The van der Waals surface area contributed by atoms with Gasteiger partial charge in [0.1, 0.15) is 0 Å². The molecule has 0 atom stereocenters. The SMILES string of the molecule is O=C(O)CC1CCN(C(=O)/C=C/c2cc(F)c(F)c(F)c2)CC1. The molecule has 124 valence electrons. The van der Waals surface area contributed by atoms with Crippen LogP contribution in [-0.4, -0.2) is 35.0 Å². The van der Waals surface area contributed by atoms with E-state index in [1.165, 1.54) is 12.2 Å². The molecule has 0 radical (unpaired) electrons. The number of carbonyl (C=O) groups is 2. The number of hydrogen-bond donors (Lipinski definition) is 1. The first-order valence-electron chi connectivity index (χ1n) is 7.20. The van der Waals surface area contributed by atoms with E-state index in [0.717, 1.165) is 12.1 Å². The molecular formula is C16H16F3NO3. The van der Waals surface area contributed by atoms with E-state index in [0.29, 0.717) is 25.9 Å². The first kappa shape index (κ1) is 17.1. The molecule has 0 saturated carbocycles. The summed E-state index contributed by atoms with van der Waals surface area (Å²) in [4.78, 5) is 24.2. The lowest BCUT2D eigenvalue weighted by atomic mass is 9.93. The highest BCUT2D eigenvalue weighted by molar-refractivity contribution is 5.91. The number of piperidine rings is 1. The van der Waals surface area contributed by atoms with E-state index in [1.54, 1.807) is 4.90 Å². The number of rotatable bonds is 4. The van der Waals surface area contributed by atoms with Crippen LogP contribution in [0.3, 0.4) is 0 Å². The molecule has 0 aromatic heterocycles. The molecule has 4 nitrogen and oxygen atoms in total. The predicted octanol–water partition coefficient (Wildman–Crippen LogP) is 2.83. The fourth-order valence-electron chi connectivity index (χ4n) is 2.55. The van der Waals surface area contributed by atoms with Crippen LogP contribution in [0.5, 0.6) is 0 Å². The molecule has 7 heteroatoms. The van der Waals surface area contributed by atoms with Crippen LogP contribution in [0.1, 0.15) is 24.8 Å². The smallest absolute Gasteiger partial charge is 0.303 e. The van der Waals surface area contributed by atoms with Crippen molar-refractivity contribution in [3.63, 3.8) is 0 Å². The summed E-state index contributed by atoms with van der Waals surface area (Å²) in [5, 5.41) is 8.74. The van der Waals surface area contributed by atoms with Gasteiger partial charge in [-0.05, 0) is 42.5 Å². The highest BCUT2D eigenvalue weighted by atomic mass is 19.2. The first-order valence-corrected chi connectivity index (χ1v) is 7.20. The van der Waals surface area contributed by atoms with Crippen molar-refractivity contribution in [3.05, 3.63) is 41.2 Å². The van der Waals surface area contributed by atoms with Gasteiger partial charge in [0.25, 0.3) is 0 Å². The zero-order valence-corrected chi connectivity index (χ0v) is 12.3. The van der Waals surface area contributed by atoms with Crippen LogP contribution in [0.2, 0.25) is 0 Å². The molecule has 1 amide bonds. The van der Waals surface area contributed by atoms with Gasteiger partial charge in [-0.15, -0.1) is 0 Å². The van der Waals surface area contributed by atoms with E-state index < -0.39 is 23.4 Å². The molecule has 1 heterocycles. The summed E-state index contributed by atoms with van der Waals surface area (Å²) < 4.78 is 39.0. The third-order valence-corrected chi connectivity index (χ3v) is 3.81. The molecule has 1 aliphatic heterocycles. The van der Waals surface area contributed by atoms with Gasteiger partial charge in [0.2, 0.25) is 5.91 Å². The lowest BCUT2D eigenvalue weighted by Gasteiger charge is -2.30. The van der Waals surface area contributed by atoms with Crippen molar-refractivity contribution in [1.29, 1.82) is 0 Å². The van der Waals surface area contributed by atoms with E-state index in [2.05, 4.69) is 0 Å². The van der Waals surface area contributed by atoms with Crippen LogP contribution in [0, 0.1) is 23.4 Å². The number of likely N-dealkylation sites (tertiary alicyclic amines) is 1. The van der Waals surface area contributed by atoms with Gasteiger partial charge >= 0.3 is 5.97 Å². The number of carbonyl (C=O) groups excluding carboxylic acids is 1. The molecule has 1 fully saturated rings. The van der Waals surface area contributed by atoms with Crippen molar-refractivity contribution in [2.45, 2.75) is 19.3 Å². The maximum absolute atomic E-state index is 13.1. The second-order valence-corrected chi connectivity index (χ2v) is 5.50. The van der Waals surface area contributed by atoms with Crippen molar-refractivity contribution in [1.82, 2.24) is 4.90 Å². The Hall–Kier alpha value is -2.31. The second kappa shape index (κ2) is 7.30. The van der Waals surface area contributed by atoms with E-state index in [1.807, 2.05) is 0 Å². The lowest BCUT2D eigenvalue weighted by Crippen LogP contribution is -2.37. The summed E-state index contributed by atoms with van der Waals surface area (Å²) in [5.41, 5.74) is 0.0514. The van der Waals surface area contributed by atoms with Crippen molar-refractivity contribution in [2.24, 2.45) is 5.92 Å². The third kappa shape index (κ3) is 4.58. The van der Waals surface area contributed by atoms with Crippen LogP contribution >= 0.6 is 0 Å². The number of hydrogen-bond acceptors (Lipinski definition) is 2. The summed E-state index contributed by atoms with van der Waals surface area (Å²) in [5.74, 6) is -5.30. The quantitative estimate of drug-likeness (QED) is 0.683. The molecular weight excluding hydrogens is 311 g/mol. The number of halogens is 3. The maximum atomic E-state index is 13.1. The summed E-state index contributed by atoms with van der Waals surface area (Å²) in [6, 6.07) is 1.61. The zero-order valence-electron chi connectivity index (χ0n) is 12.3. The Labute approximate surface area is 131 Å². The number of carboxylic acid groups (broad SMARTS) is 1. The predicted molar refractivity (Wildman–Crippen MR) is 76.9 cm³/mol. The Morgan fingerprint density at radius 3 is 2.26 bits per heavy atom. The Morgan fingerprint density at radius 1 is 1.17 bits per heavy atom. The van der Waals surface area contributed by atoms with Gasteiger partial charge in [-0.3, -0.25) is 9.59 Å². The zero-order chi connectivity index (χ0) is 17.0. The molecule has 1 aliphatic rings. The Bertz CT molecular complexity index is 614. The summed E-state index contributed by atoms with van der Waals surface area (Å²) in [6.07, 6.45) is 3.68. The minimum atomic E-state index is -1.55. The number of amides is 1. The fraction of sp³-hybridized carbons (Fsp3) is 0.375. The fourth-order valence-corrected chi connectivity index (χ4v) is 2.55. The van der Waals surface area contributed by atoms with Gasteiger partial charge in [0.05, 0.1) is 0 Å². The van der Waals surface area contributed by atoms with Crippen LogP contribution in [0.25, 0.3) is 6.08 Å². The van der Waals surface area contributed by atoms with Crippen molar-refractivity contribution < 1.29 is 27.9 Å². The number of carboxylic acids is 1. The average Bonchev–Trinajstić information content (AvgIpc) is 2.50. The monoisotopic (exact) mass is 327 g/mol. The Kier molecular flexibility index (Phi) is 5.41. The van der Waals surface area contributed by atoms with Crippen LogP contribution in [0.4, 0.5) is 13.2 Å². The lowest BCUT2D eigenvalue weighted by molar-refractivity contribution is -0.138. The number of benzene rings is 1. The van der Waals surface area contributed by atoms with Gasteiger partial charge in [-0.25, -0.2) is 13.2 Å². The molecule has 1 aromatic rings. The van der Waals surface area contributed by atoms with Crippen LogP contribution < -0.4 is 0 Å². The molecule has 0 bridgehead atoms. The first-order chi connectivity index (χ1) is 10.9. The van der Waals surface area contributed by atoms with Crippen molar-refractivity contribution in [3.8, 4) is 0 Å². The molecule has 0 spiro atoms. The summed E-state index contributed by atoms with van der Waals surface area (Å²) in [6.45, 7) is 0.876. The van der Waals surface area contributed by atoms with E-state index in [-0.39, 0.29) is 23.8 Å². The Morgan fingerprint density at radius 2 is 1.74 bits per heavy atom.